The summed E-state index contributed by atoms with van der Waals surface area (Å²) in [5, 5.41) is 12.5. The highest BCUT2D eigenvalue weighted by Crippen LogP contribution is 2.29. The smallest absolute Gasteiger partial charge is 0.410 e. The number of likely N-dealkylation sites (tertiary alicyclic amines) is 1. The van der Waals surface area contributed by atoms with Gasteiger partial charge in [0.15, 0.2) is 0 Å². The van der Waals surface area contributed by atoms with Crippen molar-refractivity contribution >= 4 is 12.0 Å². The Hall–Kier alpha value is -2.24. The number of aromatic hydroxyl groups is 1. The van der Waals surface area contributed by atoms with Crippen molar-refractivity contribution in [2.75, 3.05) is 13.1 Å². The van der Waals surface area contributed by atoms with Crippen LogP contribution in [-0.2, 0) is 16.1 Å². The third-order valence-electron chi connectivity index (χ3n) is 6.18. The summed E-state index contributed by atoms with van der Waals surface area (Å²) < 4.78 is 5.68. The van der Waals surface area contributed by atoms with E-state index in [2.05, 4.69) is 12.2 Å². The molecule has 154 valence electrons. The maximum absolute atomic E-state index is 12.5. The highest BCUT2D eigenvalue weighted by Gasteiger charge is 2.33. The summed E-state index contributed by atoms with van der Waals surface area (Å²) in [7, 11) is 0. The number of hydrogen-bond acceptors (Lipinski definition) is 4. The predicted molar refractivity (Wildman–Crippen MR) is 107 cm³/mol. The number of benzene rings is 1. The van der Waals surface area contributed by atoms with Crippen LogP contribution in [0.5, 0.6) is 5.75 Å². The zero-order chi connectivity index (χ0) is 20.1. The Morgan fingerprint density at radius 2 is 1.96 bits per heavy atom. The van der Waals surface area contributed by atoms with Gasteiger partial charge in [0.25, 0.3) is 0 Å². The SMILES string of the molecule is CCC1CCC(OC(=O)N2CC[C@@H](C(=O)NCc3ccc(O)c(C)c3)C2)CC1. The molecule has 2 fully saturated rings. The molecule has 0 bridgehead atoms. The number of phenols is 1. The molecular formula is C22H32N2O4. The number of carbonyl (C=O) groups is 2. The van der Waals surface area contributed by atoms with Crippen LogP contribution in [0.15, 0.2) is 18.2 Å². The Kier molecular flexibility index (Phi) is 6.81. The van der Waals surface area contributed by atoms with Gasteiger partial charge in [-0.15, -0.1) is 0 Å². The van der Waals surface area contributed by atoms with Gasteiger partial charge in [0.05, 0.1) is 5.92 Å². The van der Waals surface area contributed by atoms with Crippen molar-refractivity contribution in [3.63, 3.8) is 0 Å². The summed E-state index contributed by atoms with van der Waals surface area (Å²) >= 11 is 0. The fraction of sp³-hybridized carbons (Fsp3) is 0.636. The summed E-state index contributed by atoms with van der Waals surface area (Å²) in [4.78, 5) is 26.6. The van der Waals surface area contributed by atoms with E-state index in [0.717, 1.165) is 42.7 Å². The second kappa shape index (κ2) is 9.30. The van der Waals surface area contributed by atoms with E-state index in [1.807, 2.05) is 13.0 Å². The van der Waals surface area contributed by atoms with E-state index in [1.165, 1.54) is 6.42 Å². The molecule has 1 saturated heterocycles. The molecule has 2 aliphatic rings. The van der Waals surface area contributed by atoms with Gasteiger partial charge in [-0.1, -0.05) is 25.5 Å². The Balaban J connectivity index is 1.42. The number of nitrogens with zero attached hydrogens (tertiary/aromatic N) is 1. The molecule has 1 aliphatic carbocycles. The molecule has 2 amide bonds. The van der Waals surface area contributed by atoms with Crippen LogP contribution in [0.25, 0.3) is 0 Å². The van der Waals surface area contributed by atoms with E-state index < -0.39 is 0 Å². The number of phenolic OH excluding ortho intramolecular Hbond substituents is 1. The number of carbonyl (C=O) groups excluding carboxylic acids is 2. The second-order valence-corrected chi connectivity index (χ2v) is 8.20. The second-order valence-electron chi connectivity index (χ2n) is 8.20. The molecule has 3 rings (SSSR count). The van der Waals surface area contributed by atoms with Crippen LogP contribution >= 0.6 is 0 Å². The molecular weight excluding hydrogens is 356 g/mol. The summed E-state index contributed by atoms with van der Waals surface area (Å²) in [5.74, 6) is 0.793. The normalized spacial score (nSPS) is 24.8. The summed E-state index contributed by atoms with van der Waals surface area (Å²) in [5.41, 5.74) is 1.73. The third-order valence-corrected chi connectivity index (χ3v) is 6.18. The van der Waals surface area contributed by atoms with Crippen LogP contribution in [0.3, 0.4) is 0 Å². The molecule has 1 atom stereocenters. The summed E-state index contributed by atoms with van der Waals surface area (Å²) in [6, 6.07) is 5.30. The number of hydrogen-bond donors (Lipinski definition) is 2. The first-order valence-electron chi connectivity index (χ1n) is 10.5. The molecule has 1 heterocycles. The van der Waals surface area contributed by atoms with Crippen LogP contribution in [0, 0.1) is 18.8 Å². The van der Waals surface area contributed by atoms with Crippen LogP contribution in [0.1, 0.15) is 56.6 Å². The maximum Gasteiger partial charge on any atom is 0.410 e. The van der Waals surface area contributed by atoms with E-state index in [9.17, 15) is 14.7 Å². The van der Waals surface area contributed by atoms with Gasteiger partial charge in [0.1, 0.15) is 11.9 Å². The van der Waals surface area contributed by atoms with Crippen LogP contribution in [-0.4, -0.2) is 41.2 Å². The lowest BCUT2D eigenvalue weighted by atomic mass is 9.86. The monoisotopic (exact) mass is 388 g/mol. The molecule has 0 radical (unpaired) electrons. The van der Waals surface area contributed by atoms with Crippen LogP contribution in [0.2, 0.25) is 0 Å². The number of rotatable bonds is 5. The molecule has 1 aromatic rings. The Labute approximate surface area is 167 Å². The number of aryl methyl sites for hydroxylation is 1. The fourth-order valence-corrected chi connectivity index (χ4v) is 4.18. The quantitative estimate of drug-likeness (QED) is 0.805. The fourth-order valence-electron chi connectivity index (χ4n) is 4.18. The highest BCUT2D eigenvalue weighted by molar-refractivity contribution is 5.80. The summed E-state index contributed by atoms with van der Waals surface area (Å²) in [6.45, 7) is 5.45. The minimum Gasteiger partial charge on any atom is -0.508 e. The molecule has 2 N–H and O–H groups in total. The molecule has 0 unspecified atom stereocenters. The van der Waals surface area contributed by atoms with Crippen LogP contribution < -0.4 is 5.32 Å². The van der Waals surface area contributed by atoms with Crippen molar-refractivity contribution in [2.45, 2.75) is 65.0 Å². The third kappa shape index (κ3) is 5.18. The molecule has 0 aromatic heterocycles. The van der Waals surface area contributed by atoms with Gasteiger partial charge >= 0.3 is 6.09 Å². The Bertz CT molecular complexity index is 698. The zero-order valence-corrected chi connectivity index (χ0v) is 16.9. The van der Waals surface area contributed by atoms with Gasteiger partial charge in [0.2, 0.25) is 5.91 Å². The molecule has 1 saturated carbocycles. The van der Waals surface area contributed by atoms with E-state index in [-0.39, 0.29) is 29.8 Å². The van der Waals surface area contributed by atoms with Gasteiger partial charge in [-0.05, 0) is 62.1 Å². The van der Waals surface area contributed by atoms with Crippen molar-refractivity contribution < 1.29 is 19.4 Å². The first-order valence-corrected chi connectivity index (χ1v) is 10.5. The number of amides is 2. The van der Waals surface area contributed by atoms with E-state index in [4.69, 9.17) is 4.74 Å². The van der Waals surface area contributed by atoms with Crippen molar-refractivity contribution in [1.29, 1.82) is 0 Å². The first-order chi connectivity index (χ1) is 13.5. The lowest BCUT2D eigenvalue weighted by Crippen LogP contribution is -2.36. The predicted octanol–water partition coefficient (Wildman–Crippen LogP) is 3.74. The number of nitrogens with one attached hydrogen (secondary N) is 1. The van der Waals surface area contributed by atoms with Gasteiger partial charge in [-0.25, -0.2) is 4.79 Å². The molecule has 1 aliphatic heterocycles. The van der Waals surface area contributed by atoms with Crippen LogP contribution in [0.4, 0.5) is 4.79 Å². The van der Waals surface area contributed by atoms with Gasteiger partial charge < -0.3 is 20.1 Å². The van der Waals surface area contributed by atoms with E-state index in [0.29, 0.717) is 26.1 Å². The lowest BCUT2D eigenvalue weighted by molar-refractivity contribution is -0.124. The molecule has 28 heavy (non-hydrogen) atoms. The average molecular weight is 389 g/mol. The van der Waals surface area contributed by atoms with Gasteiger partial charge in [-0.3, -0.25) is 4.79 Å². The zero-order valence-electron chi connectivity index (χ0n) is 16.9. The largest absolute Gasteiger partial charge is 0.508 e. The van der Waals surface area contributed by atoms with Crippen molar-refractivity contribution in [3.8, 4) is 5.75 Å². The minimum absolute atomic E-state index is 0.0286. The Morgan fingerprint density at radius 1 is 1.21 bits per heavy atom. The van der Waals surface area contributed by atoms with Crippen molar-refractivity contribution in [1.82, 2.24) is 10.2 Å². The van der Waals surface area contributed by atoms with Gasteiger partial charge in [-0.2, -0.15) is 0 Å². The Morgan fingerprint density at radius 3 is 2.64 bits per heavy atom. The van der Waals surface area contributed by atoms with Gasteiger partial charge in [0, 0.05) is 19.6 Å². The standard InChI is InChI=1S/C22H32N2O4/c1-3-16-4-7-19(8-5-16)28-22(27)24-11-10-18(14-24)21(26)23-13-17-6-9-20(25)15(2)12-17/h6,9,12,16,18-19,25H,3-5,7-8,10-11,13-14H2,1-2H3,(H,23,26)/t16?,18-,19?/m1/s1. The maximum atomic E-state index is 12.5. The number of ether oxygens (including phenoxy) is 1. The highest BCUT2D eigenvalue weighted by atomic mass is 16.6. The molecule has 6 heteroatoms. The average Bonchev–Trinajstić information content (AvgIpc) is 3.20. The first kappa shape index (κ1) is 20.5. The van der Waals surface area contributed by atoms with E-state index in [1.54, 1.807) is 17.0 Å². The summed E-state index contributed by atoms with van der Waals surface area (Å²) in [6.07, 6.45) is 5.80. The topological polar surface area (TPSA) is 78.9 Å². The van der Waals surface area contributed by atoms with E-state index >= 15 is 0 Å². The molecule has 6 nitrogen and oxygen atoms in total. The minimum atomic E-state index is -0.274. The van der Waals surface area contributed by atoms with Crippen molar-refractivity contribution in [3.05, 3.63) is 29.3 Å². The molecule has 0 spiro atoms. The van der Waals surface area contributed by atoms with Crippen molar-refractivity contribution in [2.24, 2.45) is 11.8 Å². The lowest BCUT2D eigenvalue weighted by Gasteiger charge is -2.29. The molecule has 1 aromatic carbocycles.